The van der Waals surface area contributed by atoms with Crippen molar-refractivity contribution in [2.24, 2.45) is 0 Å². The Morgan fingerprint density at radius 2 is 2.11 bits per heavy atom. The number of hydrogen-bond donors (Lipinski definition) is 2. The number of amides is 1. The number of carbonyl (C=O) groups is 1. The van der Waals surface area contributed by atoms with Gasteiger partial charge in [-0.2, -0.15) is 5.26 Å². The molecule has 0 fully saturated rings. The molecule has 2 N–H and O–H groups in total. The molecule has 0 spiro atoms. The molecule has 1 rings (SSSR count). The van der Waals surface area contributed by atoms with Gasteiger partial charge in [0.05, 0.1) is 0 Å². The molecule has 0 aromatic heterocycles. The van der Waals surface area contributed by atoms with Crippen LogP contribution < -0.4 is 15.4 Å². The first-order valence-electron chi connectivity index (χ1n) is 5.80. The van der Waals surface area contributed by atoms with Gasteiger partial charge in [0, 0.05) is 12.1 Å². The zero-order valence-electron chi connectivity index (χ0n) is 10.4. The quantitative estimate of drug-likeness (QED) is 0.716. The molecule has 1 aromatic carbocycles. The summed E-state index contributed by atoms with van der Waals surface area (Å²) in [5.41, 5.74) is 0.730. The maximum absolute atomic E-state index is 11.5. The van der Waals surface area contributed by atoms with Gasteiger partial charge in [0.1, 0.15) is 11.8 Å². The fourth-order valence-electron chi connectivity index (χ4n) is 1.40. The highest BCUT2D eigenvalue weighted by atomic mass is 16.5. The molecule has 0 aliphatic carbocycles. The summed E-state index contributed by atoms with van der Waals surface area (Å²) < 4.78 is 5.11. The second-order valence-electron chi connectivity index (χ2n) is 3.73. The van der Waals surface area contributed by atoms with Crippen LogP contribution >= 0.6 is 0 Å². The van der Waals surface area contributed by atoms with Crippen LogP contribution in [0.5, 0.6) is 5.75 Å². The van der Waals surface area contributed by atoms with E-state index in [1.54, 1.807) is 24.3 Å². The van der Waals surface area contributed by atoms with Gasteiger partial charge >= 0.3 is 0 Å². The van der Waals surface area contributed by atoms with Gasteiger partial charge in [0.2, 0.25) is 5.91 Å². The van der Waals surface area contributed by atoms with Crippen molar-refractivity contribution in [3.8, 4) is 11.8 Å². The lowest BCUT2D eigenvalue weighted by Crippen LogP contribution is -2.15. The summed E-state index contributed by atoms with van der Waals surface area (Å²) in [4.78, 5) is 11.5. The van der Waals surface area contributed by atoms with E-state index < -0.39 is 0 Å². The lowest BCUT2D eigenvalue weighted by molar-refractivity contribution is -0.116. The van der Waals surface area contributed by atoms with E-state index in [2.05, 4.69) is 10.6 Å². The Morgan fingerprint density at radius 3 is 2.72 bits per heavy atom. The number of hydrogen-bond acceptors (Lipinski definition) is 4. The molecule has 1 amide bonds. The van der Waals surface area contributed by atoms with Crippen LogP contribution in [0.25, 0.3) is 0 Å². The van der Waals surface area contributed by atoms with Crippen molar-refractivity contribution in [3.05, 3.63) is 24.3 Å². The number of rotatable bonds is 7. The van der Waals surface area contributed by atoms with Gasteiger partial charge in [-0.3, -0.25) is 4.79 Å². The maximum Gasteiger partial charge on any atom is 0.224 e. The summed E-state index contributed by atoms with van der Waals surface area (Å²) in [6.45, 7) is 0.851. The minimum absolute atomic E-state index is 0.00376. The summed E-state index contributed by atoms with van der Waals surface area (Å²) in [6, 6.07) is 8.84. The van der Waals surface area contributed by atoms with Gasteiger partial charge in [-0.25, -0.2) is 0 Å². The zero-order valence-corrected chi connectivity index (χ0v) is 10.4. The molecule has 5 heteroatoms. The Hall–Kier alpha value is -2.06. The van der Waals surface area contributed by atoms with Crippen molar-refractivity contribution in [1.29, 1.82) is 5.26 Å². The van der Waals surface area contributed by atoms with Crippen LogP contribution in [0.3, 0.4) is 0 Å². The van der Waals surface area contributed by atoms with Gasteiger partial charge in [-0.05, 0) is 44.3 Å². The van der Waals surface area contributed by atoms with E-state index in [1.807, 2.05) is 13.1 Å². The summed E-state index contributed by atoms with van der Waals surface area (Å²) >= 11 is 0. The van der Waals surface area contributed by atoms with Crippen molar-refractivity contribution in [2.45, 2.75) is 12.8 Å². The third-order valence-corrected chi connectivity index (χ3v) is 2.27. The van der Waals surface area contributed by atoms with Crippen LogP contribution in [0.1, 0.15) is 12.8 Å². The van der Waals surface area contributed by atoms with Crippen molar-refractivity contribution >= 4 is 11.6 Å². The molecule has 5 nitrogen and oxygen atoms in total. The molecule has 96 valence electrons. The van der Waals surface area contributed by atoms with E-state index in [0.29, 0.717) is 12.2 Å². The molecular formula is C13H17N3O2. The van der Waals surface area contributed by atoms with Crippen LogP contribution in [0.2, 0.25) is 0 Å². The molecule has 18 heavy (non-hydrogen) atoms. The highest BCUT2D eigenvalue weighted by Crippen LogP contribution is 2.15. The number of nitrogens with one attached hydrogen (secondary N) is 2. The highest BCUT2D eigenvalue weighted by Gasteiger charge is 2.02. The molecule has 1 aromatic rings. The van der Waals surface area contributed by atoms with Crippen molar-refractivity contribution < 1.29 is 9.53 Å². The Balaban J connectivity index is 2.38. The average molecular weight is 247 g/mol. The minimum Gasteiger partial charge on any atom is -0.479 e. The topological polar surface area (TPSA) is 74.2 Å². The first-order valence-corrected chi connectivity index (χ1v) is 5.80. The molecule has 0 bridgehead atoms. The van der Waals surface area contributed by atoms with E-state index in [-0.39, 0.29) is 12.5 Å². The van der Waals surface area contributed by atoms with Crippen molar-refractivity contribution in [2.75, 3.05) is 25.5 Å². The first kappa shape index (κ1) is 14.0. The van der Waals surface area contributed by atoms with E-state index >= 15 is 0 Å². The fourth-order valence-corrected chi connectivity index (χ4v) is 1.40. The largest absolute Gasteiger partial charge is 0.479 e. The Labute approximate surface area is 107 Å². The number of nitrogens with zero attached hydrogens (tertiary/aromatic N) is 1. The number of carbonyl (C=O) groups excluding carboxylic acids is 1. The predicted molar refractivity (Wildman–Crippen MR) is 69.3 cm³/mol. The van der Waals surface area contributed by atoms with Gasteiger partial charge in [-0.1, -0.05) is 0 Å². The molecule has 0 aliphatic rings. The normalized spacial score (nSPS) is 9.56. The number of ether oxygens (including phenoxy) is 1. The molecule has 0 radical (unpaired) electrons. The first-order chi connectivity index (χ1) is 8.76. The standard InChI is InChI=1S/C13H17N3O2/c1-15-9-2-3-13(17)16-11-4-6-12(7-5-11)18-10-8-14/h4-7,15H,2-3,9-10H2,1H3,(H,16,17). The second-order valence-corrected chi connectivity index (χ2v) is 3.73. The van der Waals surface area contributed by atoms with Gasteiger partial charge < -0.3 is 15.4 Å². The Kier molecular flexibility index (Phi) is 6.30. The van der Waals surface area contributed by atoms with E-state index in [0.717, 1.165) is 18.7 Å². The van der Waals surface area contributed by atoms with Crippen LogP contribution in [-0.2, 0) is 4.79 Å². The SMILES string of the molecule is CNCCCC(=O)Nc1ccc(OCC#N)cc1. The van der Waals surface area contributed by atoms with Gasteiger partial charge in [0.25, 0.3) is 0 Å². The number of nitriles is 1. The average Bonchev–Trinajstić information content (AvgIpc) is 2.38. The van der Waals surface area contributed by atoms with Gasteiger partial charge in [-0.15, -0.1) is 0 Å². The lowest BCUT2D eigenvalue weighted by Gasteiger charge is -2.06. The summed E-state index contributed by atoms with van der Waals surface area (Å²) in [5.74, 6) is 0.612. The fraction of sp³-hybridized carbons (Fsp3) is 0.385. The van der Waals surface area contributed by atoms with Crippen molar-refractivity contribution in [1.82, 2.24) is 5.32 Å². The van der Waals surface area contributed by atoms with Crippen LogP contribution in [0, 0.1) is 11.3 Å². The van der Waals surface area contributed by atoms with Crippen LogP contribution in [0.15, 0.2) is 24.3 Å². The maximum atomic E-state index is 11.5. The second kappa shape index (κ2) is 8.09. The lowest BCUT2D eigenvalue weighted by atomic mass is 10.2. The monoisotopic (exact) mass is 247 g/mol. The number of anilines is 1. The van der Waals surface area contributed by atoms with Crippen LogP contribution in [0.4, 0.5) is 5.69 Å². The molecule has 0 unspecified atom stereocenters. The molecular weight excluding hydrogens is 230 g/mol. The predicted octanol–water partition coefficient (Wildman–Crippen LogP) is 1.53. The molecule has 0 aliphatic heterocycles. The Bertz CT molecular complexity index is 409. The minimum atomic E-state index is -0.00376. The summed E-state index contributed by atoms with van der Waals surface area (Å²) in [7, 11) is 1.86. The van der Waals surface area contributed by atoms with Crippen LogP contribution in [-0.4, -0.2) is 26.1 Å². The third-order valence-electron chi connectivity index (χ3n) is 2.27. The summed E-state index contributed by atoms with van der Waals surface area (Å²) in [6.07, 6.45) is 1.30. The summed E-state index contributed by atoms with van der Waals surface area (Å²) in [5, 5.41) is 14.2. The highest BCUT2D eigenvalue weighted by molar-refractivity contribution is 5.90. The van der Waals surface area contributed by atoms with E-state index in [4.69, 9.17) is 10.00 Å². The smallest absolute Gasteiger partial charge is 0.224 e. The number of benzene rings is 1. The van der Waals surface area contributed by atoms with E-state index in [9.17, 15) is 4.79 Å². The molecule has 0 saturated heterocycles. The zero-order chi connectivity index (χ0) is 13.2. The molecule has 0 heterocycles. The van der Waals surface area contributed by atoms with Crippen molar-refractivity contribution in [3.63, 3.8) is 0 Å². The third kappa shape index (κ3) is 5.32. The van der Waals surface area contributed by atoms with E-state index in [1.165, 1.54) is 0 Å². The van der Waals surface area contributed by atoms with Gasteiger partial charge in [0.15, 0.2) is 6.61 Å². The molecule has 0 saturated carbocycles. The Morgan fingerprint density at radius 1 is 1.39 bits per heavy atom. The molecule has 0 atom stereocenters.